The summed E-state index contributed by atoms with van der Waals surface area (Å²) < 4.78 is 10.6. The average Bonchev–Trinajstić information content (AvgIpc) is 3.14. The van der Waals surface area contributed by atoms with E-state index in [2.05, 4.69) is 20.8 Å². The van der Waals surface area contributed by atoms with E-state index in [-0.39, 0.29) is 18.4 Å². The molecule has 2 N–H and O–H groups in total. The van der Waals surface area contributed by atoms with Crippen molar-refractivity contribution in [2.45, 2.75) is 6.54 Å². The lowest BCUT2D eigenvalue weighted by Gasteiger charge is -2.07. The van der Waals surface area contributed by atoms with Crippen molar-refractivity contribution in [3.05, 3.63) is 70.9 Å². The molecule has 0 radical (unpaired) electrons. The van der Waals surface area contributed by atoms with Crippen molar-refractivity contribution in [3.63, 3.8) is 0 Å². The van der Waals surface area contributed by atoms with E-state index < -0.39 is 0 Å². The van der Waals surface area contributed by atoms with Crippen molar-refractivity contribution in [2.75, 3.05) is 12.1 Å². The van der Waals surface area contributed by atoms with Gasteiger partial charge >= 0.3 is 0 Å². The monoisotopic (exact) mass is 382 g/mol. The highest BCUT2D eigenvalue weighted by Crippen LogP contribution is 2.32. The third-order valence-corrected chi connectivity index (χ3v) is 4.12. The number of fused-ring (bicyclic) bond motifs is 1. The second-order valence-electron chi connectivity index (χ2n) is 5.81. The fourth-order valence-corrected chi connectivity index (χ4v) is 2.75. The van der Waals surface area contributed by atoms with E-state index in [4.69, 9.17) is 21.1 Å². The standard InChI is InChI=1S/C19H15ClN4O3/c20-13-2-1-3-14(9-13)22-18-7-5-15(23-24-18)19(25)21-10-12-4-6-16-17(8-12)27-11-26-16/h1-9H,10-11H2,(H,21,25)(H,22,24). The number of aromatic nitrogens is 2. The van der Waals surface area contributed by atoms with Gasteiger partial charge in [-0.3, -0.25) is 4.79 Å². The van der Waals surface area contributed by atoms with Gasteiger partial charge in [-0.2, -0.15) is 0 Å². The van der Waals surface area contributed by atoms with Crippen LogP contribution in [0.5, 0.6) is 11.5 Å². The number of halogens is 1. The molecule has 0 atom stereocenters. The quantitative estimate of drug-likeness (QED) is 0.702. The number of nitrogens with zero attached hydrogens (tertiary/aromatic N) is 2. The van der Waals surface area contributed by atoms with Crippen LogP contribution in [0.3, 0.4) is 0 Å². The summed E-state index contributed by atoms with van der Waals surface area (Å²) in [6.07, 6.45) is 0. The normalized spacial score (nSPS) is 11.9. The molecule has 0 spiro atoms. The molecule has 27 heavy (non-hydrogen) atoms. The Morgan fingerprint density at radius 2 is 1.93 bits per heavy atom. The molecule has 0 aliphatic carbocycles. The first kappa shape index (κ1) is 17.1. The van der Waals surface area contributed by atoms with Crippen LogP contribution in [0.1, 0.15) is 16.1 Å². The van der Waals surface area contributed by atoms with Gasteiger partial charge in [0.2, 0.25) is 6.79 Å². The number of hydrogen-bond donors (Lipinski definition) is 2. The van der Waals surface area contributed by atoms with Gasteiger partial charge in [-0.25, -0.2) is 0 Å². The zero-order valence-corrected chi connectivity index (χ0v) is 14.9. The molecule has 0 saturated carbocycles. The predicted molar refractivity (Wildman–Crippen MR) is 101 cm³/mol. The molecule has 1 aliphatic rings. The summed E-state index contributed by atoms with van der Waals surface area (Å²) in [5, 5.41) is 14.5. The molecule has 7 nitrogen and oxygen atoms in total. The van der Waals surface area contributed by atoms with E-state index >= 15 is 0 Å². The minimum absolute atomic E-state index is 0.219. The molecule has 136 valence electrons. The Balaban J connectivity index is 1.36. The van der Waals surface area contributed by atoms with Gasteiger partial charge in [0.1, 0.15) is 0 Å². The number of anilines is 2. The number of carbonyl (C=O) groups is 1. The number of rotatable bonds is 5. The van der Waals surface area contributed by atoms with E-state index in [0.717, 1.165) is 11.3 Å². The Hall–Kier alpha value is -3.32. The smallest absolute Gasteiger partial charge is 0.272 e. The van der Waals surface area contributed by atoms with Crippen LogP contribution in [-0.4, -0.2) is 22.9 Å². The molecule has 0 unspecified atom stereocenters. The Kier molecular flexibility index (Phi) is 4.76. The molecule has 1 amide bonds. The van der Waals surface area contributed by atoms with Crippen molar-refractivity contribution in [1.82, 2.24) is 15.5 Å². The molecule has 3 aromatic rings. The van der Waals surface area contributed by atoms with Crippen molar-refractivity contribution in [3.8, 4) is 11.5 Å². The van der Waals surface area contributed by atoms with Crippen LogP contribution in [0.4, 0.5) is 11.5 Å². The first-order valence-corrected chi connectivity index (χ1v) is 8.58. The highest BCUT2D eigenvalue weighted by atomic mass is 35.5. The Morgan fingerprint density at radius 3 is 2.74 bits per heavy atom. The predicted octanol–water partition coefficient (Wildman–Crippen LogP) is 3.53. The molecule has 1 aliphatic heterocycles. The summed E-state index contributed by atoms with van der Waals surface area (Å²) in [4.78, 5) is 12.3. The topological polar surface area (TPSA) is 85.4 Å². The first-order chi connectivity index (χ1) is 13.2. The van der Waals surface area contributed by atoms with Crippen LogP contribution in [0.2, 0.25) is 5.02 Å². The number of amides is 1. The second kappa shape index (κ2) is 7.51. The zero-order valence-electron chi connectivity index (χ0n) is 14.1. The van der Waals surface area contributed by atoms with Gasteiger partial charge in [0.05, 0.1) is 0 Å². The maximum atomic E-state index is 12.3. The van der Waals surface area contributed by atoms with Gasteiger partial charge in [-0.1, -0.05) is 23.7 Å². The highest BCUT2D eigenvalue weighted by Gasteiger charge is 2.14. The summed E-state index contributed by atoms with van der Waals surface area (Å²) >= 11 is 5.95. The maximum Gasteiger partial charge on any atom is 0.272 e. The minimum Gasteiger partial charge on any atom is -0.454 e. The molecule has 4 rings (SSSR count). The molecule has 2 aromatic carbocycles. The molecule has 1 aromatic heterocycles. The summed E-state index contributed by atoms with van der Waals surface area (Å²) in [5.74, 6) is 1.59. The van der Waals surface area contributed by atoms with Gasteiger partial charge < -0.3 is 20.1 Å². The fourth-order valence-electron chi connectivity index (χ4n) is 2.56. The number of carbonyl (C=O) groups excluding carboxylic acids is 1. The Labute approximate surface area is 160 Å². The van der Waals surface area contributed by atoms with Gasteiger partial charge in [0.15, 0.2) is 23.0 Å². The fraction of sp³-hybridized carbons (Fsp3) is 0.105. The van der Waals surface area contributed by atoms with Crippen molar-refractivity contribution >= 4 is 29.0 Å². The number of hydrogen-bond acceptors (Lipinski definition) is 6. The molecule has 0 saturated heterocycles. The van der Waals surface area contributed by atoms with Gasteiger partial charge in [-0.15, -0.1) is 10.2 Å². The Bertz CT molecular complexity index is 979. The molecule has 0 fully saturated rings. The second-order valence-corrected chi connectivity index (χ2v) is 6.25. The number of ether oxygens (including phenoxy) is 2. The summed E-state index contributed by atoms with van der Waals surface area (Å²) in [7, 11) is 0. The molecule has 0 bridgehead atoms. The number of benzene rings is 2. The third-order valence-electron chi connectivity index (χ3n) is 3.88. The van der Waals surface area contributed by atoms with Crippen LogP contribution < -0.4 is 20.1 Å². The van der Waals surface area contributed by atoms with E-state index in [1.165, 1.54) is 0 Å². The van der Waals surface area contributed by atoms with Crippen LogP contribution in [-0.2, 0) is 6.54 Å². The van der Waals surface area contributed by atoms with E-state index in [1.54, 1.807) is 24.3 Å². The summed E-state index contributed by atoms with van der Waals surface area (Å²) in [5.41, 5.74) is 1.92. The lowest BCUT2D eigenvalue weighted by atomic mass is 10.2. The lowest BCUT2D eigenvalue weighted by molar-refractivity contribution is 0.0945. The number of nitrogens with one attached hydrogen (secondary N) is 2. The molecule has 8 heteroatoms. The van der Waals surface area contributed by atoms with Gasteiger partial charge in [0, 0.05) is 17.3 Å². The first-order valence-electron chi connectivity index (χ1n) is 8.20. The molecular formula is C19H15ClN4O3. The van der Waals surface area contributed by atoms with Gasteiger partial charge in [0.25, 0.3) is 5.91 Å². The van der Waals surface area contributed by atoms with E-state index in [1.807, 2.05) is 30.3 Å². The highest BCUT2D eigenvalue weighted by molar-refractivity contribution is 6.30. The van der Waals surface area contributed by atoms with E-state index in [0.29, 0.717) is 28.9 Å². The molecular weight excluding hydrogens is 368 g/mol. The Morgan fingerprint density at radius 1 is 1.04 bits per heavy atom. The van der Waals surface area contributed by atoms with Crippen LogP contribution >= 0.6 is 11.6 Å². The van der Waals surface area contributed by atoms with Crippen LogP contribution in [0, 0.1) is 0 Å². The largest absolute Gasteiger partial charge is 0.454 e. The van der Waals surface area contributed by atoms with Crippen LogP contribution in [0.15, 0.2) is 54.6 Å². The van der Waals surface area contributed by atoms with E-state index in [9.17, 15) is 4.79 Å². The van der Waals surface area contributed by atoms with Crippen LogP contribution in [0.25, 0.3) is 0 Å². The SMILES string of the molecule is O=C(NCc1ccc2c(c1)OCO2)c1ccc(Nc2cccc(Cl)c2)nn1. The van der Waals surface area contributed by atoms with Crippen molar-refractivity contribution in [2.24, 2.45) is 0 Å². The maximum absolute atomic E-state index is 12.3. The van der Waals surface area contributed by atoms with Gasteiger partial charge in [-0.05, 0) is 48.0 Å². The summed E-state index contributed by atoms with van der Waals surface area (Å²) in [6.45, 7) is 0.565. The third kappa shape index (κ3) is 4.09. The summed E-state index contributed by atoms with van der Waals surface area (Å²) in [6, 6.07) is 16.1. The lowest BCUT2D eigenvalue weighted by Crippen LogP contribution is -2.24. The minimum atomic E-state index is -0.311. The van der Waals surface area contributed by atoms with Crippen molar-refractivity contribution in [1.29, 1.82) is 0 Å². The average molecular weight is 383 g/mol. The molecule has 2 heterocycles. The van der Waals surface area contributed by atoms with Crippen molar-refractivity contribution < 1.29 is 14.3 Å². The zero-order chi connectivity index (χ0) is 18.6.